The van der Waals surface area contributed by atoms with Gasteiger partial charge in [0.25, 0.3) is 0 Å². The molecule has 0 saturated carbocycles. The molecule has 3 aliphatic heterocycles. The topological polar surface area (TPSA) is 56.2 Å². The SMILES string of the molecule is Cc1ccc2cc3c(nc2c1C)SC(=NC[C@H]1CCCO1)N(Cc1ccc2c(c1)OCO2)C3. The lowest BCUT2D eigenvalue weighted by molar-refractivity contribution is 0.117. The van der Waals surface area contributed by atoms with E-state index in [9.17, 15) is 0 Å². The predicted molar refractivity (Wildman–Crippen MR) is 130 cm³/mol. The second-order valence-corrected chi connectivity index (χ2v) is 9.89. The van der Waals surface area contributed by atoms with Gasteiger partial charge in [0, 0.05) is 30.6 Å². The number of pyridine rings is 1. The molecule has 0 N–H and O–H groups in total. The predicted octanol–water partition coefficient (Wildman–Crippen LogP) is 5.22. The third-order valence-electron chi connectivity index (χ3n) is 6.64. The molecule has 3 aliphatic rings. The summed E-state index contributed by atoms with van der Waals surface area (Å²) in [5.74, 6) is 1.62. The first-order valence-electron chi connectivity index (χ1n) is 11.5. The van der Waals surface area contributed by atoms with E-state index >= 15 is 0 Å². The quantitative estimate of drug-likeness (QED) is 0.531. The molecule has 0 aliphatic carbocycles. The second kappa shape index (κ2) is 8.54. The van der Waals surface area contributed by atoms with Crippen LogP contribution in [-0.2, 0) is 17.8 Å². The van der Waals surface area contributed by atoms with Crippen LogP contribution in [0.15, 0.2) is 46.4 Å². The summed E-state index contributed by atoms with van der Waals surface area (Å²) in [5.41, 5.74) is 6.02. The maximum Gasteiger partial charge on any atom is 0.231 e. The highest BCUT2D eigenvalue weighted by Gasteiger charge is 2.26. The van der Waals surface area contributed by atoms with Crippen LogP contribution in [-0.4, -0.2) is 41.1 Å². The van der Waals surface area contributed by atoms with E-state index < -0.39 is 0 Å². The molecule has 4 heterocycles. The van der Waals surface area contributed by atoms with Crippen molar-refractivity contribution in [1.29, 1.82) is 0 Å². The van der Waals surface area contributed by atoms with E-state index in [1.165, 1.54) is 27.6 Å². The van der Waals surface area contributed by atoms with E-state index in [2.05, 4.69) is 49.1 Å². The molecule has 33 heavy (non-hydrogen) atoms. The van der Waals surface area contributed by atoms with Crippen molar-refractivity contribution >= 4 is 27.8 Å². The Morgan fingerprint density at radius 2 is 2.03 bits per heavy atom. The van der Waals surface area contributed by atoms with Crippen molar-refractivity contribution in [2.45, 2.75) is 50.9 Å². The molecule has 7 heteroatoms. The minimum absolute atomic E-state index is 0.223. The van der Waals surface area contributed by atoms with Crippen LogP contribution >= 0.6 is 11.8 Å². The number of thioether (sulfide) groups is 1. The number of aromatic nitrogens is 1. The second-order valence-electron chi connectivity index (χ2n) is 8.94. The van der Waals surface area contributed by atoms with Gasteiger partial charge >= 0.3 is 0 Å². The van der Waals surface area contributed by atoms with Crippen LogP contribution < -0.4 is 9.47 Å². The molecule has 1 saturated heterocycles. The zero-order chi connectivity index (χ0) is 22.4. The van der Waals surface area contributed by atoms with E-state index in [-0.39, 0.29) is 12.9 Å². The Bertz CT molecular complexity index is 1250. The van der Waals surface area contributed by atoms with Gasteiger partial charge in [-0.25, -0.2) is 4.98 Å². The maximum absolute atomic E-state index is 5.82. The highest BCUT2D eigenvalue weighted by Crippen LogP contribution is 2.37. The summed E-state index contributed by atoms with van der Waals surface area (Å²) >= 11 is 1.68. The van der Waals surface area contributed by atoms with Crippen LogP contribution in [0.25, 0.3) is 10.9 Å². The van der Waals surface area contributed by atoms with Crippen LogP contribution in [0, 0.1) is 13.8 Å². The molecule has 170 valence electrons. The fourth-order valence-electron chi connectivity index (χ4n) is 4.62. The molecule has 3 aromatic rings. The summed E-state index contributed by atoms with van der Waals surface area (Å²) < 4.78 is 16.9. The highest BCUT2D eigenvalue weighted by atomic mass is 32.2. The molecule has 0 bridgehead atoms. The van der Waals surface area contributed by atoms with Gasteiger partial charge in [-0.2, -0.15) is 0 Å². The van der Waals surface area contributed by atoms with Crippen molar-refractivity contribution in [3.05, 3.63) is 58.7 Å². The summed E-state index contributed by atoms with van der Waals surface area (Å²) in [6.45, 7) is 7.65. The Kier molecular flexibility index (Phi) is 5.38. The normalized spacial score (nSPS) is 20.6. The van der Waals surface area contributed by atoms with Gasteiger partial charge < -0.3 is 19.1 Å². The van der Waals surface area contributed by atoms with E-state index in [1.807, 2.05) is 6.07 Å². The number of benzene rings is 2. The Labute approximate surface area is 198 Å². The molecule has 2 aromatic carbocycles. The smallest absolute Gasteiger partial charge is 0.231 e. The van der Waals surface area contributed by atoms with Crippen molar-refractivity contribution < 1.29 is 14.2 Å². The number of ether oxygens (including phenoxy) is 3. The number of aryl methyl sites for hydroxylation is 2. The number of amidine groups is 1. The van der Waals surface area contributed by atoms with E-state index in [1.54, 1.807) is 11.8 Å². The van der Waals surface area contributed by atoms with Gasteiger partial charge in [0.2, 0.25) is 6.79 Å². The Morgan fingerprint density at radius 1 is 1.12 bits per heavy atom. The lowest BCUT2D eigenvalue weighted by Crippen LogP contribution is -2.32. The van der Waals surface area contributed by atoms with Gasteiger partial charge in [0.15, 0.2) is 16.7 Å². The highest BCUT2D eigenvalue weighted by molar-refractivity contribution is 8.13. The van der Waals surface area contributed by atoms with Gasteiger partial charge in [-0.05, 0) is 73.3 Å². The third-order valence-corrected chi connectivity index (χ3v) is 7.75. The summed E-state index contributed by atoms with van der Waals surface area (Å²) in [6.07, 6.45) is 2.43. The fraction of sp³-hybridized carbons (Fsp3) is 0.385. The lowest BCUT2D eigenvalue weighted by atomic mass is 10.0. The first-order valence-corrected chi connectivity index (χ1v) is 12.3. The molecular weight excluding hydrogens is 434 g/mol. The van der Waals surface area contributed by atoms with Crippen molar-refractivity contribution in [3.63, 3.8) is 0 Å². The van der Waals surface area contributed by atoms with E-state index in [0.717, 1.165) is 59.7 Å². The first kappa shape index (κ1) is 20.8. The molecule has 0 amide bonds. The lowest BCUT2D eigenvalue weighted by Gasteiger charge is -2.31. The van der Waals surface area contributed by atoms with Gasteiger partial charge in [0.05, 0.1) is 18.2 Å². The standard InChI is InChI=1S/C26H27N3O3S/c1-16-5-7-19-11-20-14-29(13-18-6-8-22-23(10-18)32-15-31-22)26(27-12-21-4-3-9-30-21)33-25(20)28-24(19)17(16)2/h5-8,10-11,21H,3-4,9,12-15H2,1-2H3/t21-/m1/s1. The number of hydrogen-bond acceptors (Lipinski definition) is 6. The molecule has 1 atom stereocenters. The Morgan fingerprint density at radius 3 is 2.91 bits per heavy atom. The Hall–Kier alpha value is -2.77. The summed E-state index contributed by atoms with van der Waals surface area (Å²) in [5, 5.41) is 3.26. The van der Waals surface area contributed by atoms with Crippen LogP contribution in [0.2, 0.25) is 0 Å². The zero-order valence-electron chi connectivity index (χ0n) is 19.0. The maximum atomic E-state index is 5.82. The van der Waals surface area contributed by atoms with Crippen molar-refractivity contribution in [2.24, 2.45) is 4.99 Å². The van der Waals surface area contributed by atoms with Gasteiger partial charge in [-0.1, -0.05) is 18.2 Å². The van der Waals surface area contributed by atoms with Gasteiger partial charge in [-0.3, -0.25) is 4.99 Å². The van der Waals surface area contributed by atoms with Crippen molar-refractivity contribution in [2.75, 3.05) is 19.9 Å². The average molecular weight is 462 g/mol. The number of aliphatic imine (C=N–C) groups is 1. The zero-order valence-corrected chi connectivity index (χ0v) is 19.8. The molecule has 6 rings (SSSR count). The minimum atomic E-state index is 0.223. The molecule has 1 fully saturated rings. The van der Waals surface area contributed by atoms with Crippen LogP contribution in [0.5, 0.6) is 11.5 Å². The number of fused-ring (bicyclic) bond motifs is 3. The van der Waals surface area contributed by atoms with Crippen LogP contribution in [0.1, 0.15) is 35.1 Å². The van der Waals surface area contributed by atoms with Gasteiger partial charge in [-0.15, -0.1) is 0 Å². The summed E-state index contributed by atoms with van der Waals surface area (Å²) in [6, 6.07) is 12.8. The molecule has 1 aromatic heterocycles. The molecule has 6 nitrogen and oxygen atoms in total. The monoisotopic (exact) mass is 461 g/mol. The average Bonchev–Trinajstić information content (AvgIpc) is 3.51. The molecule has 0 unspecified atom stereocenters. The molecular formula is C26H27N3O3S. The number of rotatable bonds is 4. The summed E-state index contributed by atoms with van der Waals surface area (Å²) in [7, 11) is 0. The minimum Gasteiger partial charge on any atom is -0.454 e. The Balaban J connectivity index is 1.34. The van der Waals surface area contributed by atoms with Gasteiger partial charge in [0.1, 0.15) is 5.03 Å². The van der Waals surface area contributed by atoms with Crippen molar-refractivity contribution in [1.82, 2.24) is 9.88 Å². The first-order chi connectivity index (χ1) is 16.1. The third kappa shape index (κ3) is 4.04. The molecule has 0 radical (unpaired) electrons. The summed E-state index contributed by atoms with van der Waals surface area (Å²) in [4.78, 5) is 12.4. The van der Waals surface area contributed by atoms with Crippen LogP contribution in [0.4, 0.5) is 0 Å². The number of hydrogen-bond donors (Lipinski definition) is 0. The van der Waals surface area contributed by atoms with E-state index in [4.69, 9.17) is 24.2 Å². The molecule has 0 spiro atoms. The largest absolute Gasteiger partial charge is 0.454 e. The van der Waals surface area contributed by atoms with Crippen LogP contribution in [0.3, 0.4) is 0 Å². The fourth-order valence-corrected chi connectivity index (χ4v) is 5.58. The van der Waals surface area contributed by atoms with Crippen molar-refractivity contribution in [3.8, 4) is 11.5 Å². The van der Waals surface area contributed by atoms with E-state index in [0.29, 0.717) is 6.54 Å². The number of nitrogens with zero attached hydrogens (tertiary/aromatic N) is 3.